The molecule has 2 aromatic carbocycles. The highest BCUT2D eigenvalue weighted by molar-refractivity contribution is 5.82. The van der Waals surface area contributed by atoms with Crippen LogP contribution in [0.5, 0.6) is 5.75 Å². The van der Waals surface area contributed by atoms with E-state index in [-0.39, 0.29) is 24.9 Å². The molecule has 0 aromatic heterocycles. The number of aliphatic hydroxyl groups excluding tert-OH is 1. The third-order valence-corrected chi connectivity index (χ3v) is 3.50. The average Bonchev–Trinajstić information content (AvgIpc) is 2.77. The van der Waals surface area contributed by atoms with Crippen LogP contribution < -0.4 is 15.4 Å². The monoisotopic (exact) mass is 450 g/mol. The number of hydrogen-bond donors (Lipinski definition) is 3. The fraction of sp³-hybridized carbons (Fsp3) is 0.417. The molecule has 0 atom stereocenters. The highest BCUT2D eigenvalue weighted by Crippen LogP contribution is 2.14. The summed E-state index contributed by atoms with van der Waals surface area (Å²) >= 11 is 0. The van der Waals surface area contributed by atoms with Gasteiger partial charge in [-0.25, -0.2) is 9.18 Å². The van der Waals surface area contributed by atoms with E-state index < -0.39 is 11.7 Å². The molecule has 0 heterocycles. The van der Waals surface area contributed by atoms with E-state index in [2.05, 4.69) is 10.6 Å². The fourth-order valence-corrected chi connectivity index (χ4v) is 2.23. The van der Waals surface area contributed by atoms with Gasteiger partial charge in [0.1, 0.15) is 30.3 Å². The third kappa shape index (κ3) is 13.2. The third-order valence-electron chi connectivity index (χ3n) is 3.50. The van der Waals surface area contributed by atoms with Gasteiger partial charge in [0.05, 0.1) is 0 Å². The lowest BCUT2D eigenvalue weighted by molar-refractivity contribution is -0.120. The molecule has 2 amide bonds. The summed E-state index contributed by atoms with van der Waals surface area (Å²) < 4.78 is 23.8. The van der Waals surface area contributed by atoms with Gasteiger partial charge in [0.25, 0.3) is 0 Å². The maximum atomic E-state index is 13.1. The Hall–Kier alpha value is -3.13. The molecule has 178 valence electrons. The summed E-state index contributed by atoms with van der Waals surface area (Å²) in [6.07, 6.45) is -0.637. The summed E-state index contributed by atoms with van der Waals surface area (Å²) in [4.78, 5) is 23.3. The number of benzene rings is 2. The first-order chi connectivity index (χ1) is 15.2. The molecule has 32 heavy (non-hydrogen) atoms. The molecule has 0 aliphatic carbocycles. The average molecular weight is 451 g/mol. The van der Waals surface area contributed by atoms with Crippen molar-refractivity contribution < 1.29 is 28.6 Å². The van der Waals surface area contributed by atoms with Gasteiger partial charge >= 0.3 is 6.09 Å². The molecule has 0 saturated heterocycles. The predicted molar refractivity (Wildman–Crippen MR) is 123 cm³/mol. The van der Waals surface area contributed by atoms with Crippen molar-refractivity contribution in [3.8, 4) is 5.75 Å². The summed E-state index contributed by atoms with van der Waals surface area (Å²) in [6, 6.07) is 13.4. The van der Waals surface area contributed by atoms with Gasteiger partial charge in [0.2, 0.25) is 5.91 Å². The molecule has 2 rings (SSSR count). The second kappa shape index (κ2) is 15.6. The summed E-state index contributed by atoms with van der Waals surface area (Å²) in [5.41, 5.74) is 1.01. The Morgan fingerprint density at radius 3 is 2.16 bits per heavy atom. The van der Waals surface area contributed by atoms with Crippen molar-refractivity contribution >= 4 is 12.0 Å². The summed E-state index contributed by atoms with van der Waals surface area (Å²) in [7, 11) is 1.00. The van der Waals surface area contributed by atoms with Gasteiger partial charge in [-0.15, -0.1) is 0 Å². The van der Waals surface area contributed by atoms with E-state index in [1.807, 2.05) is 26.0 Å². The number of halogens is 1. The number of carbonyl (C=O) groups excluding carboxylic acids is 2. The lowest BCUT2D eigenvalue weighted by Crippen LogP contribution is -2.39. The molecule has 0 aliphatic heterocycles. The van der Waals surface area contributed by atoms with Gasteiger partial charge in [-0.1, -0.05) is 38.1 Å². The molecule has 0 unspecified atom stereocenters. The number of aliphatic hydroxyl groups is 1. The van der Waals surface area contributed by atoms with Crippen LogP contribution in [0.4, 0.5) is 9.18 Å². The van der Waals surface area contributed by atoms with E-state index >= 15 is 0 Å². The van der Waals surface area contributed by atoms with E-state index in [1.54, 1.807) is 45.0 Å². The van der Waals surface area contributed by atoms with Crippen LogP contribution in [0.3, 0.4) is 0 Å². The zero-order chi connectivity index (χ0) is 24.6. The van der Waals surface area contributed by atoms with E-state index in [4.69, 9.17) is 14.6 Å². The van der Waals surface area contributed by atoms with Crippen LogP contribution in [0.2, 0.25) is 0 Å². The number of carbonyl (C=O) groups is 2. The van der Waals surface area contributed by atoms with Crippen molar-refractivity contribution in [2.75, 3.05) is 13.7 Å². The lowest BCUT2D eigenvalue weighted by atomic mass is 10.2. The van der Waals surface area contributed by atoms with Gasteiger partial charge in [0.15, 0.2) is 0 Å². The topological polar surface area (TPSA) is 96.9 Å². The number of rotatable bonds is 7. The van der Waals surface area contributed by atoms with Crippen LogP contribution in [0, 0.1) is 5.82 Å². The number of amides is 2. The lowest BCUT2D eigenvalue weighted by Gasteiger charge is -2.19. The van der Waals surface area contributed by atoms with Gasteiger partial charge in [-0.05, 0) is 56.2 Å². The van der Waals surface area contributed by atoms with Crippen molar-refractivity contribution in [1.29, 1.82) is 0 Å². The molecule has 0 spiro atoms. The zero-order valence-corrected chi connectivity index (χ0v) is 19.7. The molecule has 0 aliphatic rings. The zero-order valence-electron chi connectivity index (χ0n) is 19.7. The van der Waals surface area contributed by atoms with E-state index in [0.717, 1.165) is 18.2 Å². The van der Waals surface area contributed by atoms with Crippen LogP contribution in [0.15, 0.2) is 48.5 Å². The Balaban J connectivity index is 0.00000227. The summed E-state index contributed by atoms with van der Waals surface area (Å²) in [5.74, 6) is 0.0246. The van der Waals surface area contributed by atoms with Crippen molar-refractivity contribution in [1.82, 2.24) is 10.6 Å². The Bertz CT molecular complexity index is 805. The Labute approximate surface area is 189 Å². The van der Waals surface area contributed by atoms with Gasteiger partial charge in [0, 0.05) is 13.7 Å². The first-order valence-electron chi connectivity index (χ1n) is 10.4. The Morgan fingerprint density at radius 2 is 1.59 bits per heavy atom. The largest absolute Gasteiger partial charge is 0.489 e. The number of alkyl carbamates (subject to hydrolysis) is 1. The Morgan fingerprint density at radius 1 is 0.969 bits per heavy atom. The van der Waals surface area contributed by atoms with Gasteiger partial charge < -0.3 is 25.2 Å². The predicted octanol–water partition coefficient (Wildman–Crippen LogP) is 4.18. The molecule has 0 radical (unpaired) electrons. The van der Waals surface area contributed by atoms with Crippen LogP contribution in [-0.2, 0) is 22.7 Å². The van der Waals surface area contributed by atoms with Crippen molar-refractivity contribution in [3.63, 3.8) is 0 Å². The van der Waals surface area contributed by atoms with E-state index in [9.17, 15) is 14.0 Å². The van der Waals surface area contributed by atoms with Gasteiger partial charge in [-0.3, -0.25) is 4.79 Å². The fourth-order valence-electron chi connectivity index (χ4n) is 2.23. The first-order valence-corrected chi connectivity index (χ1v) is 10.4. The smallest absolute Gasteiger partial charge is 0.408 e. The molecule has 2 aromatic rings. The number of ether oxygens (including phenoxy) is 2. The quantitative estimate of drug-likeness (QED) is 0.588. The van der Waals surface area contributed by atoms with Crippen LogP contribution in [0.1, 0.15) is 45.7 Å². The molecule has 3 N–H and O–H groups in total. The molecular formula is C24H35FN2O5. The SMILES string of the molecule is CC.CC(C)(C)OC(=O)NCC(=O)NCc1ccc(OCc2cccc(F)c2)cc1.CO. The number of hydrogen-bond acceptors (Lipinski definition) is 5. The number of nitrogens with one attached hydrogen (secondary N) is 2. The molecule has 0 bridgehead atoms. The van der Waals surface area contributed by atoms with Gasteiger partial charge in [-0.2, -0.15) is 0 Å². The highest BCUT2D eigenvalue weighted by Gasteiger charge is 2.16. The Kier molecular flexibility index (Phi) is 14.1. The molecular weight excluding hydrogens is 415 g/mol. The summed E-state index contributed by atoms with van der Waals surface area (Å²) in [6.45, 7) is 9.67. The van der Waals surface area contributed by atoms with E-state index in [1.165, 1.54) is 12.1 Å². The molecule has 7 nitrogen and oxygen atoms in total. The second-order valence-electron chi connectivity index (χ2n) is 7.19. The second-order valence-corrected chi connectivity index (χ2v) is 7.19. The van der Waals surface area contributed by atoms with E-state index in [0.29, 0.717) is 12.3 Å². The minimum absolute atomic E-state index is 0.163. The minimum atomic E-state index is -0.637. The van der Waals surface area contributed by atoms with Crippen LogP contribution >= 0.6 is 0 Å². The maximum absolute atomic E-state index is 13.1. The molecule has 8 heteroatoms. The van der Waals surface area contributed by atoms with Crippen molar-refractivity contribution in [2.24, 2.45) is 0 Å². The normalized spacial score (nSPS) is 9.88. The van der Waals surface area contributed by atoms with Crippen LogP contribution in [-0.4, -0.2) is 36.4 Å². The highest BCUT2D eigenvalue weighted by atomic mass is 19.1. The molecule has 0 fully saturated rings. The minimum Gasteiger partial charge on any atom is -0.489 e. The van der Waals surface area contributed by atoms with Crippen LogP contribution in [0.25, 0.3) is 0 Å². The molecule has 0 saturated carbocycles. The first kappa shape index (κ1) is 28.9. The van der Waals surface area contributed by atoms with Crippen molar-refractivity contribution in [2.45, 2.75) is 53.4 Å². The standard InChI is InChI=1S/C21H25FN2O4.C2H6.CH4O/c1-21(2,3)28-20(26)24-13-19(25)23-12-15-7-9-18(10-8-15)27-14-16-5-4-6-17(22)11-16;2*1-2/h4-11H,12-14H2,1-3H3,(H,23,25)(H,24,26);1-2H3;2H,1H3. The summed E-state index contributed by atoms with van der Waals surface area (Å²) in [5, 5.41) is 12.1. The maximum Gasteiger partial charge on any atom is 0.408 e. The van der Waals surface area contributed by atoms with Crippen molar-refractivity contribution in [3.05, 3.63) is 65.5 Å².